The van der Waals surface area contributed by atoms with Gasteiger partial charge in [0.25, 0.3) is 0 Å². The molecule has 27 heavy (non-hydrogen) atoms. The Balaban J connectivity index is 2.13. The predicted octanol–water partition coefficient (Wildman–Crippen LogP) is 5.77. The van der Waals surface area contributed by atoms with E-state index >= 15 is 0 Å². The van der Waals surface area contributed by atoms with Gasteiger partial charge in [-0.1, -0.05) is 18.5 Å². The molecule has 6 nitrogen and oxygen atoms in total. The molecule has 0 aromatic heterocycles. The Morgan fingerprint density at radius 3 is 2.15 bits per heavy atom. The topological polar surface area (TPSA) is 78.9 Å². The summed E-state index contributed by atoms with van der Waals surface area (Å²) in [5.74, 6) is 1.02. The highest BCUT2D eigenvalue weighted by Crippen LogP contribution is 2.60. The third-order valence-corrected chi connectivity index (χ3v) is 8.56. The number of benzene rings is 2. The first-order valence-electron chi connectivity index (χ1n) is 8.17. The van der Waals surface area contributed by atoms with Gasteiger partial charge in [-0.05, 0) is 73.3 Å². The minimum Gasteiger partial charge on any atom is -0.417 e. The van der Waals surface area contributed by atoms with Gasteiger partial charge in [-0.2, -0.15) is 8.42 Å². The van der Waals surface area contributed by atoms with Crippen molar-refractivity contribution in [2.75, 3.05) is 12.4 Å². The quantitative estimate of drug-likeness (QED) is 0.335. The van der Waals surface area contributed by atoms with Crippen molar-refractivity contribution in [2.45, 2.75) is 25.2 Å². The molecular weight excluding hydrogens is 431 g/mol. The second kappa shape index (κ2) is 9.85. The number of hydrogen-bond donors (Lipinski definition) is 0. The molecule has 0 aliphatic carbocycles. The van der Waals surface area contributed by atoms with Gasteiger partial charge in [-0.15, -0.1) is 0 Å². The van der Waals surface area contributed by atoms with Crippen molar-refractivity contribution in [3.8, 4) is 11.5 Å². The van der Waals surface area contributed by atoms with Crippen LogP contribution < -0.4 is 8.71 Å². The van der Waals surface area contributed by atoms with Crippen molar-refractivity contribution in [1.82, 2.24) is 0 Å². The lowest BCUT2D eigenvalue weighted by Gasteiger charge is -2.17. The highest BCUT2D eigenvalue weighted by molar-refractivity contribution is 8.55. The van der Waals surface area contributed by atoms with Crippen molar-refractivity contribution in [1.29, 1.82) is 0 Å². The van der Waals surface area contributed by atoms with Crippen LogP contribution in [0.1, 0.15) is 20.3 Å². The van der Waals surface area contributed by atoms with E-state index in [0.29, 0.717) is 10.8 Å². The first kappa shape index (κ1) is 22.1. The van der Waals surface area contributed by atoms with E-state index < -0.39 is 16.9 Å². The maximum atomic E-state index is 12.7. The molecule has 0 bridgehead atoms. The van der Waals surface area contributed by atoms with Crippen molar-refractivity contribution >= 4 is 39.9 Å². The molecule has 0 aliphatic rings. The average molecular weight is 451 g/mol. The predicted molar refractivity (Wildman–Crippen MR) is 108 cm³/mol. The lowest BCUT2D eigenvalue weighted by atomic mass is 10.3. The molecule has 2 rings (SSSR count). The van der Waals surface area contributed by atoms with E-state index in [4.69, 9.17) is 24.8 Å². The Hall–Kier alpha value is -1.18. The molecule has 0 spiro atoms. The van der Waals surface area contributed by atoms with Crippen LogP contribution in [0.5, 0.6) is 11.5 Å². The highest BCUT2D eigenvalue weighted by atomic mass is 35.5. The Kier molecular flexibility index (Phi) is 8.06. The van der Waals surface area contributed by atoms with Gasteiger partial charge in [0, 0.05) is 10.8 Å². The molecule has 0 heterocycles. The van der Waals surface area contributed by atoms with E-state index in [0.717, 1.165) is 17.8 Å². The maximum Gasteiger partial charge on any atom is 0.440 e. The summed E-state index contributed by atoms with van der Waals surface area (Å²) < 4.78 is 53.2. The monoisotopic (exact) mass is 450 g/mol. The normalized spacial score (nSPS) is 13.7. The Morgan fingerprint density at radius 1 is 1.00 bits per heavy atom. The van der Waals surface area contributed by atoms with Gasteiger partial charge in [-0.3, -0.25) is 4.52 Å². The number of halogens is 1. The third-order valence-electron chi connectivity index (χ3n) is 3.09. The zero-order chi connectivity index (χ0) is 19.9. The molecular formula is C17H20ClO6PS2. The van der Waals surface area contributed by atoms with E-state index in [1.54, 1.807) is 6.92 Å². The fraction of sp³-hybridized carbons (Fsp3) is 0.294. The summed E-state index contributed by atoms with van der Waals surface area (Å²) in [6.45, 7) is 0.586. The smallest absolute Gasteiger partial charge is 0.417 e. The van der Waals surface area contributed by atoms with E-state index in [9.17, 15) is 13.0 Å². The fourth-order valence-corrected chi connectivity index (χ4v) is 6.43. The van der Waals surface area contributed by atoms with Crippen molar-refractivity contribution < 1.29 is 26.2 Å². The first-order chi connectivity index (χ1) is 12.8. The molecule has 10 heteroatoms. The summed E-state index contributed by atoms with van der Waals surface area (Å²) in [6.07, 6.45) is 0.824. The second-order valence-corrected chi connectivity index (χ2v) is 11.4. The van der Waals surface area contributed by atoms with Gasteiger partial charge in [0.15, 0.2) is 0 Å². The lowest BCUT2D eigenvalue weighted by Crippen LogP contribution is -2.09. The van der Waals surface area contributed by atoms with E-state index in [1.807, 2.05) is 6.92 Å². The lowest BCUT2D eigenvalue weighted by molar-refractivity contribution is 0.296. The summed E-state index contributed by atoms with van der Waals surface area (Å²) in [6, 6.07) is 11.4. The first-order valence-corrected chi connectivity index (χ1v) is 13.1. The van der Waals surface area contributed by atoms with Crippen molar-refractivity contribution in [3.63, 3.8) is 0 Å². The molecule has 0 aliphatic heterocycles. The summed E-state index contributed by atoms with van der Waals surface area (Å²) >= 11 is 6.88. The van der Waals surface area contributed by atoms with Crippen LogP contribution in [0.4, 0.5) is 0 Å². The number of hydrogen-bond acceptors (Lipinski definition) is 7. The Morgan fingerprint density at radius 2 is 1.59 bits per heavy atom. The van der Waals surface area contributed by atoms with Crippen LogP contribution in [0.3, 0.4) is 0 Å². The zero-order valence-electron chi connectivity index (χ0n) is 14.8. The molecule has 2 aromatic carbocycles. The standard InChI is InChI=1S/C17H20ClO6PS2/c1-3-13-26-25(19,22-4-2)23-15-9-11-17(12-10-15)27(20,21)24-16-7-5-14(18)6-8-16/h5-12H,3-4,13H2,1-2H3. The van der Waals surface area contributed by atoms with Crippen molar-refractivity contribution in [3.05, 3.63) is 53.6 Å². The van der Waals surface area contributed by atoms with Gasteiger partial charge in [0.2, 0.25) is 0 Å². The Labute approximate surface area is 168 Å². The molecule has 0 radical (unpaired) electrons. The van der Waals surface area contributed by atoms with Crippen LogP contribution in [0.25, 0.3) is 0 Å². The SMILES string of the molecule is CCCSP(=O)(OCC)Oc1ccc(S(=O)(=O)Oc2ccc(Cl)cc2)cc1. The van der Waals surface area contributed by atoms with Crippen LogP contribution in [-0.4, -0.2) is 20.8 Å². The van der Waals surface area contributed by atoms with Gasteiger partial charge < -0.3 is 8.71 Å². The number of rotatable bonds is 10. The molecule has 0 amide bonds. The molecule has 2 aromatic rings. The van der Waals surface area contributed by atoms with Gasteiger partial charge in [-0.25, -0.2) is 4.57 Å². The molecule has 1 unspecified atom stereocenters. The molecule has 0 fully saturated rings. The second-order valence-electron chi connectivity index (χ2n) is 5.25. The summed E-state index contributed by atoms with van der Waals surface area (Å²) in [7, 11) is -4.02. The van der Waals surface area contributed by atoms with Crippen LogP contribution in [0, 0.1) is 0 Å². The molecule has 0 N–H and O–H groups in total. The molecule has 148 valence electrons. The van der Waals surface area contributed by atoms with Crippen LogP contribution in [0.15, 0.2) is 53.4 Å². The zero-order valence-corrected chi connectivity index (χ0v) is 18.1. The largest absolute Gasteiger partial charge is 0.440 e. The fourth-order valence-electron chi connectivity index (χ4n) is 1.91. The van der Waals surface area contributed by atoms with E-state index in [1.165, 1.54) is 48.5 Å². The van der Waals surface area contributed by atoms with Crippen LogP contribution in [0.2, 0.25) is 5.02 Å². The van der Waals surface area contributed by atoms with E-state index in [-0.39, 0.29) is 23.0 Å². The third kappa shape index (κ3) is 6.73. The van der Waals surface area contributed by atoms with Crippen molar-refractivity contribution in [2.24, 2.45) is 0 Å². The Bertz CT molecular complexity index is 885. The maximum absolute atomic E-state index is 12.7. The minimum atomic E-state index is -4.02. The molecule has 1 atom stereocenters. The molecule has 0 saturated heterocycles. The summed E-state index contributed by atoms with van der Waals surface area (Å²) in [5.41, 5.74) is 0. The average Bonchev–Trinajstić information content (AvgIpc) is 2.62. The van der Waals surface area contributed by atoms with E-state index in [2.05, 4.69) is 0 Å². The summed E-state index contributed by atoms with van der Waals surface area (Å²) in [4.78, 5) is -0.0581. The summed E-state index contributed by atoms with van der Waals surface area (Å²) in [5, 5.41) is 0.473. The van der Waals surface area contributed by atoms with Gasteiger partial charge in [0.1, 0.15) is 16.4 Å². The minimum absolute atomic E-state index is 0.0581. The van der Waals surface area contributed by atoms with Crippen LogP contribution >= 0.6 is 29.8 Å². The highest BCUT2D eigenvalue weighted by Gasteiger charge is 2.27. The van der Waals surface area contributed by atoms with Gasteiger partial charge in [0.05, 0.1) is 6.61 Å². The molecule has 0 saturated carbocycles. The van der Waals surface area contributed by atoms with Crippen LogP contribution in [-0.2, 0) is 19.2 Å². The van der Waals surface area contributed by atoms with Gasteiger partial charge >= 0.3 is 16.9 Å².